The third kappa shape index (κ3) is 2.82. The molecule has 2 aliphatic rings. The molecule has 2 saturated heterocycles. The quantitative estimate of drug-likeness (QED) is 0.846. The maximum atomic E-state index is 11.6. The Morgan fingerprint density at radius 1 is 1.40 bits per heavy atom. The summed E-state index contributed by atoms with van der Waals surface area (Å²) >= 11 is 0. The van der Waals surface area contributed by atoms with Crippen LogP contribution in [0.1, 0.15) is 25.0 Å². The van der Waals surface area contributed by atoms with Crippen LogP contribution in [0.2, 0.25) is 0 Å². The van der Waals surface area contributed by atoms with Gasteiger partial charge in [0, 0.05) is 20.0 Å². The predicted molar refractivity (Wildman–Crippen MR) is 74.5 cm³/mol. The van der Waals surface area contributed by atoms with Gasteiger partial charge in [0.25, 0.3) is 0 Å². The van der Waals surface area contributed by atoms with Gasteiger partial charge in [-0.1, -0.05) is 0 Å². The molecule has 1 amide bonds. The van der Waals surface area contributed by atoms with E-state index in [0.717, 1.165) is 57.6 Å². The molecular formula is C15H22N2O3. The van der Waals surface area contributed by atoms with E-state index in [0.29, 0.717) is 0 Å². The van der Waals surface area contributed by atoms with Crippen molar-refractivity contribution < 1.29 is 13.9 Å². The second-order valence-electron chi connectivity index (χ2n) is 5.97. The van der Waals surface area contributed by atoms with Gasteiger partial charge >= 0.3 is 6.09 Å². The highest BCUT2D eigenvalue weighted by Gasteiger charge is 2.46. The summed E-state index contributed by atoms with van der Waals surface area (Å²) in [6.45, 7) is 3.71. The van der Waals surface area contributed by atoms with Gasteiger partial charge in [0.2, 0.25) is 0 Å². The molecule has 0 unspecified atom stereocenters. The molecule has 110 valence electrons. The first kappa shape index (κ1) is 13.5. The third-order valence-corrected chi connectivity index (χ3v) is 4.24. The Morgan fingerprint density at radius 2 is 2.30 bits per heavy atom. The van der Waals surface area contributed by atoms with Crippen LogP contribution in [-0.4, -0.2) is 54.7 Å². The second kappa shape index (κ2) is 5.48. The van der Waals surface area contributed by atoms with Crippen molar-refractivity contribution in [1.29, 1.82) is 0 Å². The molecule has 3 rings (SSSR count). The van der Waals surface area contributed by atoms with Crippen molar-refractivity contribution in [1.82, 2.24) is 9.80 Å². The Morgan fingerprint density at radius 3 is 3.00 bits per heavy atom. The fourth-order valence-corrected chi connectivity index (χ4v) is 3.32. The Hall–Kier alpha value is -1.49. The van der Waals surface area contributed by atoms with Crippen molar-refractivity contribution in [3.8, 4) is 0 Å². The lowest BCUT2D eigenvalue weighted by Crippen LogP contribution is -2.50. The highest BCUT2D eigenvalue weighted by Crippen LogP contribution is 2.31. The molecule has 2 aliphatic heterocycles. The number of hydrogen-bond acceptors (Lipinski definition) is 4. The summed E-state index contributed by atoms with van der Waals surface area (Å²) in [7, 11) is 1.81. The Kier molecular flexibility index (Phi) is 3.70. The summed E-state index contributed by atoms with van der Waals surface area (Å²) in [6.07, 6.45) is 5.67. The van der Waals surface area contributed by atoms with E-state index in [1.807, 2.05) is 19.2 Å². The number of piperidine rings is 1. The molecule has 20 heavy (non-hydrogen) atoms. The monoisotopic (exact) mass is 278 g/mol. The minimum Gasteiger partial charge on any atom is -0.469 e. The molecule has 2 fully saturated rings. The van der Waals surface area contributed by atoms with E-state index in [2.05, 4.69) is 4.90 Å². The van der Waals surface area contributed by atoms with Crippen LogP contribution in [0, 0.1) is 0 Å². The average Bonchev–Trinajstić information content (AvgIpc) is 3.00. The molecule has 5 nitrogen and oxygen atoms in total. The van der Waals surface area contributed by atoms with E-state index in [4.69, 9.17) is 9.15 Å². The van der Waals surface area contributed by atoms with Gasteiger partial charge in [0.1, 0.15) is 11.4 Å². The minimum absolute atomic E-state index is 0.178. The summed E-state index contributed by atoms with van der Waals surface area (Å²) < 4.78 is 11.0. The van der Waals surface area contributed by atoms with Crippen LogP contribution in [0.25, 0.3) is 0 Å². The lowest BCUT2D eigenvalue weighted by Gasteiger charge is -2.38. The molecule has 3 heterocycles. The molecular weight excluding hydrogens is 256 g/mol. The molecule has 0 aromatic carbocycles. The number of likely N-dealkylation sites (tertiary alicyclic amines) is 1. The van der Waals surface area contributed by atoms with Gasteiger partial charge in [-0.25, -0.2) is 4.79 Å². The van der Waals surface area contributed by atoms with Gasteiger partial charge in [-0.15, -0.1) is 0 Å². The number of carbonyl (C=O) groups excluding carboxylic acids is 1. The van der Waals surface area contributed by atoms with Gasteiger partial charge in [-0.2, -0.15) is 0 Å². The summed E-state index contributed by atoms with van der Waals surface area (Å²) in [5.74, 6) is 1.05. The van der Waals surface area contributed by atoms with E-state index in [1.165, 1.54) is 0 Å². The summed E-state index contributed by atoms with van der Waals surface area (Å²) in [6, 6.07) is 3.95. The number of furan rings is 1. The van der Waals surface area contributed by atoms with Crippen LogP contribution >= 0.6 is 0 Å². The number of ether oxygens (including phenoxy) is 1. The lowest BCUT2D eigenvalue weighted by molar-refractivity contribution is -0.00898. The summed E-state index contributed by atoms with van der Waals surface area (Å²) in [5, 5.41) is 0. The maximum Gasteiger partial charge on any atom is 0.410 e. The van der Waals surface area contributed by atoms with Crippen molar-refractivity contribution in [2.45, 2.75) is 31.3 Å². The molecule has 1 aromatic rings. The molecule has 5 heteroatoms. The minimum atomic E-state index is -0.269. The first-order valence-electron chi connectivity index (χ1n) is 7.36. The van der Waals surface area contributed by atoms with Crippen LogP contribution in [0.4, 0.5) is 4.79 Å². The number of rotatable bonds is 4. The standard InChI is InChI=1S/C15H22N2O3/c1-16-11-15(20-14(16)18)7-4-9-17(12-15)8-2-5-13-6-3-10-19-13/h3,6,10H,2,4-5,7-9,11-12H2,1H3/t15-/m1/s1. The van der Waals surface area contributed by atoms with E-state index in [1.54, 1.807) is 11.2 Å². The molecule has 1 spiro atoms. The zero-order chi connectivity index (χ0) is 14.0. The number of carbonyl (C=O) groups is 1. The van der Waals surface area contributed by atoms with Crippen LogP contribution in [0.15, 0.2) is 22.8 Å². The number of likely N-dealkylation sites (N-methyl/N-ethyl adjacent to an activating group) is 1. The highest BCUT2D eigenvalue weighted by molar-refractivity contribution is 5.70. The average molecular weight is 278 g/mol. The van der Waals surface area contributed by atoms with Crippen LogP contribution < -0.4 is 0 Å². The number of aryl methyl sites for hydroxylation is 1. The van der Waals surface area contributed by atoms with Gasteiger partial charge in [-0.05, 0) is 44.5 Å². The van der Waals surface area contributed by atoms with E-state index >= 15 is 0 Å². The molecule has 0 saturated carbocycles. The summed E-state index contributed by atoms with van der Waals surface area (Å²) in [5.41, 5.74) is -0.269. The van der Waals surface area contributed by atoms with E-state index in [9.17, 15) is 4.79 Å². The van der Waals surface area contributed by atoms with Gasteiger partial charge in [0.05, 0.1) is 12.8 Å². The number of amides is 1. The molecule has 0 bridgehead atoms. The second-order valence-corrected chi connectivity index (χ2v) is 5.97. The van der Waals surface area contributed by atoms with Crippen molar-refractivity contribution in [2.24, 2.45) is 0 Å². The van der Waals surface area contributed by atoms with Gasteiger partial charge in [-0.3, -0.25) is 4.90 Å². The van der Waals surface area contributed by atoms with Crippen molar-refractivity contribution in [2.75, 3.05) is 33.2 Å². The predicted octanol–water partition coefficient (Wildman–Crippen LogP) is 2.13. The lowest BCUT2D eigenvalue weighted by atomic mass is 9.92. The van der Waals surface area contributed by atoms with E-state index in [-0.39, 0.29) is 11.7 Å². The zero-order valence-electron chi connectivity index (χ0n) is 12.0. The summed E-state index contributed by atoms with van der Waals surface area (Å²) in [4.78, 5) is 15.7. The van der Waals surface area contributed by atoms with Crippen molar-refractivity contribution >= 4 is 6.09 Å². The highest BCUT2D eigenvalue weighted by atomic mass is 16.6. The number of hydrogen-bond donors (Lipinski definition) is 0. The van der Waals surface area contributed by atoms with Crippen LogP contribution in [-0.2, 0) is 11.2 Å². The molecule has 0 radical (unpaired) electrons. The van der Waals surface area contributed by atoms with E-state index < -0.39 is 0 Å². The SMILES string of the molecule is CN1C[C@@]2(CCCN(CCCc3ccco3)C2)OC1=O. The van der Waals surface area contributed by atoms with Crippen molar-refractivity contribution in [3.63, 3.8) is 0 Å². The molecule has 1 atom stereocenters. The fraction of sp³-hybridized carbons (Fsp3) is 0.667. The third-order valence-electron chi connectivity index (χ3n) is 4.24. The van der Waals surface area contributed by atoms with Gasteiger partial charge in [0.15, 0.2) is 0 Å². The maximum absolute atomic E-state index is 11.6. The normalized spacial score (nSPS) is 27.2. The van der Waals surface area contributed by atoms with Crippen LogP contribution in [0.3, 0.4) is 0 Å². The first-order valence-corrected chi connectivity index (χ1v) is 7.36. The molecule has 1 aromatic heterocycles. The molecule has 0 N–H and O–H groups in total. The topological polar surface area (TPSA) is 45.9 Å². The molecule has 0 aliphatic carbocycles. The van der Waals surface area contributed by atoms with Crippen LogP contribution in [0.5, 0.6) is 0 Å². The smallest absolute Gasteiger partial charge is 0.410 e. The zero-order valence-corrected chi connectivity index (χ0v) is 12.0. The van der Waals surface area contributed by atoms with Gasteiger partial charge < -0.3 is 14.1 Å². The Labute approximate surface area is 119 Å². The fourth-order valence-electron chi connectivity index (χ4n) is 3.32. The number of nitrogens with zero attached hydrogens (tertiary/aromatic N) is 2. The van der Waals surface area contributed by atoms with Crippen molar-refractivity contribution in [3.05, 3.63) is 24.2 Å². The first-order chi connectivity index (χ1) is 9.67. The Bertz CT molecular complexity index is 460. The Balaban J connectivity index is 1.50. The largest absolute Gasteiger partial charge is 0.469 e.